The lowest BCUT2D eigenvalue weighted by Crippen LogP contribution is -2.09. The van der Waals surface area contributed by atoms with E-state index in [1.165, 1.54) is 18.9 Å². The van der Waals surface area contributed by atoms with Crippen LogP contribution in [0, 0.1) is 0 Å². The molecule has 2 aromatic rings. The lowest BCUT2D eigenvalue weighted by molar-refractivity contribution is 0.0593. The van der Waals surface area contributed by atoms with Crippen molar-refractivity contribution < 1.29 is 9.53 Å². The summed E-state index contributed by atoms with van der Waals surface area (Å²) in [5.41, 5.74) is 1.52. The number of carbonyl (C=O) groups excluding carboxylic acids is 1. The fraction of sp³-hybridized carbons (Fsp3) is 0.267. The van der Waals surface area contributed by atoms with E-state index in [4.69, 9.17) is 0 Å². The molecular weight excluding hydrogens is 254 g/mol. The molecule has 2 rings (SSSR count). The largest absolute Gasteiger partial charge is 0.464 e. The summed E-state index contributed by atoms with van der Waals surface area (Å²) in [4.78, 5) is 19.4. The molecule has 5 nitrogen and oxygen atoms in total. The predicted molar refractivity (Wildman–Crippen MR) is 76.6 cm³/mol. The molecule has 0 saturated carbocycles. The number of nitrogens with one attached hydrogen (secondary N) is 1. The summed E-state index contributed by atoms with van der Waals surface area (Å²) in [6.07, 6.45) is 4.96. The van der Waals surface area contributed by atoms with Gasteiger partial charge in [-0.05, 0) is 18.4 Å². The minimum Gasteiger partial charge on any atom is -0.464 e. The van der Waals surface area contributed by atoms with Gasteiger partial charge >= 0.3 is 5.97 Å². The highest BCUT2D eigenvalue weighted by molar-refractivity contribution is 5.87. The Labute approximate surface area is 118 Å². The third kappa shape index (κ3) is 4.05. The van der Waals surface area contributed by atoms with Crippen LogP contribution in [0.2, 0.25) is 0 Å². The Morgan fingerprint density at radius 3 is 2.80 bits per heavy atom. The van der Waals surface area contributed by atoms with Crippen LogP contribution in [0.15, 0.2) is 42.7 Å². The van der Waals surface area contributed by atoms with Gasteiger partial charge in [-0.2, -0.15) is 0 Å². The predicted octanol–water partition coefficient (Wildman–Crippen LogP) is 2.31. The number of methoxy groups -OCH3 is 1. The molecule has 1 N–H and O–H groups in total. The van der Waals surface area contributed by atoms with Gasteiger partial charge in [0.05, 0.1) is 19.5 Å². The van der Waals surface area contributed by atoms with Crippen molar-refractivity contribution >= 4 is 11.8 Å². The van der Waals surface area contributed by atoms with Crippen molar-refractivity contribution in [2.45, 2.75) is 12.8 Å². The number of anilines is 1. The van der Waals surface area contributed by atoms with Gasteiger partial charge in [0.25, 0.3) is 0 Å². The van der Waals surface area contributed by atoms with Gasteiger partial charge in [-0.25, -0.2) is 9.78 Å². The molecule has 0 amide bonds. The van der Waals surface area contributed by atoms with E-state index in [1.807, 2.05) is 18.2 Å². The minimum absolute atomic E-state index is 0.209. The van der Waals surface area contributed by atoms with Gasteiger partial charge in [0, 0.05) is 6.54 Å². The van der Waals surface area contributed by atoms with Crippen LogP contribution in [0.25, 0.3) is 0 Å². The normalized spacial score (nSPS) is 10.1. The maximum Gasteiger partial charge on any atom is 0.358 e. The van der Waals surface area contributed by atoms with Crippen LogP contribution in [0.4, 0.5) is 5.82 Å². The fourth-order valence-corrected chi connectivity index (χ4v) is 1.81. The molecule has 0 saturated heterocycles. The van der Waals surface area contributed by atoms with Crippen molar-refractivity contribution in [2.75, 3.05) is 19.0 Å². The van der Waals surface area contributed by atoms with Crippen LogP contribution in [0.5, 0.6) is 0 Å². The summed E-state index contributed by atoms with van der Waals surface area (Å²) in [6, 6.07) is 10.3. The highest BCUT2D eigenvalue weighted by atomic mass is 16.5. The van der Waals surface area contributed by atoms with E-state index in [9.17, 15) is 4.79 Å². The van der Waals surface area contributed by atoms with Gasteiger partial charge in [0.1, 0.15) is 5.82 Å². The molecule has 0 aliphatic heterocycles. The topological polar surface area (TPSA) is 64.1 Å². The number of aryl methyl sites for hydroxylation is 1. The number of esters is 1. The van der Waals surface area contributed by atoms with Crippen molar-refractivity contribution in [3.05, 3.63) is 54.0 Å². The number of aromatic nitrogens is 2. The summed E-state index contributed by atoms with van der Waals surface area (Å²) in [5, 5.41) is 3.15. The molecule has 0 radical (unpaired) electrons. The van der Waals surface area contributed by atoms with E-state index in [0.29, 0.717) is 5.82 Å². The van der Waals surface area contributed by atoms with E-state index in [2.05, 4.69) is 32.2 Å². The zero-order valence-corrected chi connectivity index (χ0v) is 11.4. The Kier molecular flexibility index (Phi) is 5.06. The summed E-state index contributed by atoms with van der Waals surface area (Å²) in [5.74, 6) is 0.103. The minimum atomic E-state index is -0.481. The SMILES string of the molecule is COC(=O)c1cncc(NCCCc2ccccc2)n1. The zero-order chi connectivity index (χ0) is 14.2. The van der Waals surface area contributed by atoms with E-state index in [-0.39, 0.29) is 5.69 Å². The molecule has 20 heavy (non-hydrogen) atoms. The highest BCUT2D eigenvalue weighted by Crippen LogP contribution is 2.05. The second-order valence-electron chi connectivity index (χ2n) is 4.30. The standard InChI is InChI=1S/C15H17N3O2/c1-20-15(19)13-10-16-11-14(18-13)17-9-5-8-12-6-3-2-4-7-12/h2-4,6-7,10-11H,5,8-9H2,1H3,(H,17,18). The zero-order valence-electron chi connectivity index (χ0n) is 11.4. The number of hydrogen-bond acceptors (Lipinski definition) is 5. The second-order valence-corrected chi connectivity index (χ2v) is 4.30. The first-order chi connectivity index (χ1) is 9.79. The van der Waals surface area contributed by atoms with Crippen LogP contribution < -0.4 is 5.32 Å². The van der Waals surface area contributed by atoms with E-state index in [0.717, 1.165) is 19.4 Å². The quantitative estimate of drug-likeness (QED) is 0.645. The molecule has 1 aromatic heterocycles. The number of carbonyl (C=O) groups is 1. The fourth-order valence-electron chi connectivity index (χ4n) is 1.81. The Hall–Kier alpha value is -2.43. The smallest absolute Gasteiger partial charge is 0.358 e. The van der Waals surface area contributed by atoms with E-state index >= 15 is 0 Å². The van der Waals surface area contributed by atoms with Crippen molar-refractivity contribution in [1.82, 2.24) is 9.97 Å². The molecule has 0 unspecified atom stereocenters. The number of benzene rings is 1. The first-order valence-corrected chi connectivity index (χ1v) is 6.48. The average molecular weight is 271 g/mol. The van der Waals surface area contributed by atoms with Gasteiger partial charge in [-0.15, -0.1) is 0 Å². The Morgan fingerprint density at radius 1 is 1.25 bits per heavy atom. The van der Waals surface area contributed by atoms with E-state index < -0.39 is 5.97 Å². The Balaban J connectivity index is 1.81. The average Bonchev–Trinajstić information content (AvgIpc) is 2.52. The summed E-state index contributed by atoms with van der Waals surface area (Å²) in [6.45, 7) is 0.772. The number of rotatable bonds is 6. The Morgan fingerprint density at radius 2 is 2.05 bits per heavy atom. The lowest BCUT2D eigenvalue weighted by atomic mass is 10.1. The second kappa shape index (κ2) is 7.23. The van der Waals surface area contributed by atoms with Crippen molar-refractivity contribution in [3.63, 3.8) is 0 Å². The van der Waals surface area contributed by atoms with Crippen LogP contribution >= 0.6 is 0 Å². The van der Waals surface area contributed by atoms with Gasteiger partial charge in [0.15, 0.2) is 5.69 Å². The summed E-state index contributed by atoms with van der Waals surface area (Å²) < 4.78 is 4.61. The summed E-state index contributed by atoms with van der Waals surface area (Å²) in [7, 11) is 1.32. The van der Waals surface area contributed by atoms with Gasteiger partial charge in [-0.1, -0.05) is 30.3 Å². The molecular formula is C15H17N3O2. The molecule has 0 atom stereocenters. The molecule has 0 spiro atoms. The highest BCUT2D eigenvalue weighted by Gasteiger charge is 2.07. The van der Waals surface area contributed by atoms with Crippen LogP contribution in [0.1, 0.15) is 22.5 Å². The van der Waals surface area contributed by atoms with Crippen LogP contribution in [0.3, 0.4) is 0 Å². The van der Waals surface area contributed by atoms with E-state index in [1.54, 1.807) is 6.20 Å². The first kappa shape index (κ1) is 14.0. The summed E-state index contributed by atoms with van der Waals surface area (Å²) >= 11 is 0. The molecule has 1 heterocycles. The van der Waals surface area contributed by atoms with Gasteiger partial charge < -0.3 is 10.1 Å². The molecule has 0 aliphatic rings. The van der Waals surface area contributed by atoms with Gasteiger partial charge in [0.2, 0.25) is 0 Å². The molecule has 0 aliphatic carbocycles. The number of nitrogens with zero attached hydrogens (tertiary/aromatic N) is 2. The van der Waals surface area contributed by atoms with Crippen LogP contribution in [-0.4, -0.2) is 29.6 Å². The third-order valence-corrected chi connectivity index (χ3v) is 2.82. The van der Waals surface area contributed by atoms with Crippen molar-refractivity contribution in [1.29, 1.82) is 0 Å². The molecule has 0 fully saturated rings. The lowest BCUT2D eigenvalue weighted by Gasteiger charge is -2.06. The van der Waals surface area contributed by atoms with Crippen molar-refractivity contribution in [2.24, 2.45) is 0 Å². The first-order valence-electron chi connectivity index (χ1n) is 6.48. The van der Waals surface area contributed by atoms with Crippen molar-refractivity contribution in [3.8, 4) is 0 Å². The molecule has 0 bridgehead atoms. The molecule has 104 valence electrons. The maximum absolute atomic E-state index is 11.3. The Bertz CT molecular complexity index is 558. The maximum atomic E-state index is 11.3. The molecule has 5 heteroatoms. The number of ether oxygens (including phenoxy) is 1. The molecule has 1 aromatic carbocycles. The number of hydrogen-bond donors (Lipinski definition) is 1. The van der Waals surface area contributed by atoms with Crippen LogP contribution in [-0.2, 0) is 11.2 Å². The van der Waals surface area contributed by atoms with Gasteiger partial charge in [-0.3, -0.25) is 4.98 Å². The monoisotopic (exact) mass is 271 g/mol. The third-order valence-electron chi connectivity index (χ3n) is 2.82.